The second kappa shape index (κ2) is 9.14. The van der Waals surface area contributed by atoms with Gasteiger partial charge in [0.1, 0.15) is 12.1 Å². The highest BCUT2D eigenvalue weighted by atomic mass is 35.6. The first-order valence-electron chi connectivity index (χ1n) is 6.46. The second-order valence-electron chi connectivity index (χ2n) is 4.62. The third kappa shape index (κ3) is 5.96. The van der Waals surface area contributed by atoms with E-state index in [9.17, 15) is 9.18 Å². The maximum Gasteiger partial charge on any atom is 0.303 e. The molecule has 0 unspecified atom stereocenters. The molecule has 1 aliphatic heterocycles. The van der Waals surface area contributed by atoms with Gasteiger partial charge in [-0.1, -0.05) is 45.0 Å². The van der Waals surface area contributed by atoms with Crippen LogP contribution in [0.3, 0.4) is 0 Å². The number of nitrogens with zero attached hydrogens (tertiary/aromatic N) is 6. The van der Waals surface area contributed by atoms with Gasteiger partial charge in [0, 0.05) is 16.7 Å². The van der Waals surface area contributed by atoms with E-state index in [0.717, 1.165) is 6.92 Å². The summed E-state index contributed by atoms with van der Waals surface area (Å²) in [7, 11) is 0. The third-order valence-electron chi connectivity index (χ3n) is 2.90. The fraction of sp³-hybridized carbons (Fsp3) is 0.800. The molecular formula is C10H11Cl3FN7O4. The molecule has 1 saturated heterocycles. The summed E-state index contributed by atoms with van der Waals surface area (Å²) < 4.78 is 27.5. The summed E-state index contributed by atoms with van der Waals surface area (Å²) in [5.74, 6) is -1.75. The van der Waals surface area contributed by atoms with E-state index in [2.05, 4.69) is 20.1 Å². The SMILES string of the molecule is CC(=O)O[C@H]1[C@@H](F)[C@@H](N=[N+]=[N-])[C@@H](OC(=N)C(Cl)(Cl)Cl)O[C@@H]1CN=[N+]=[N-]. The number of halogens is 4. The van der Waals surface area contributed by atoms with E-state index in [-0.39, 0.29) is 0 Å². The average Bonchev–Trinajstić information content (AvgIpc) is 2.50. The number of ether oxygens (including phenoxy) is 3. The van der Waals surface area contributed by atoms with E-state index < -0.39 is 52.9 Å². The quantitative estimate of drug-likeness (QED) is 0.137. The number of nitrogens with one attached hydrogen (secondary N) is 1. The summed E-state index contributed by atoms with van der Waals surface area (Å²) in [6, 6.07) is -1.66. The van der Waals surface area contributed by atoms with Crippen LogP contribution in [0.25, 0.3) is 20.9 Å². The van der Waals surface area contributed by atoms with E-state index in [1.165, 1.54) is 0 Å². The molecule has 0 amide bonds. The van der Waals surface area contributed by atoms with E-state index >= 15 is 0 Å². The lowest BCUT2D eigenvalue weighted by Gasteiger charge is -2.41. The normalized spacial score (nSPS) is 28.9. The molecule has 1 fully saturated rings. The first-order chi connectivity index (χ1) is 11.6. The number of rotatable bonds is 5. The molecule has 1 rings (SSSR count). The Balaban J connectivity index is 3.14. The molecular weight excluding hydrogens is 408 g/mol. The van der Waals surface area contributed by atoms with Gasteiger partial charge in [0.15, 0.2) is 12.3 Å². The van der Waals surface area contributed by atoms with Gasteiger partial charge in [-0.3, -0.25) is 10.2 Å². The lowest BCUT2D eigenvalue weighted by molar-refractivity contribution is -0.229. The van der Waals surface area contributed by atoms with Crippen molar-refractivity contribution in [2.75, 3.05) is 6.54 Å². The van der Waals surface area contributed by atoms with Gasteiger partial charge in [-0.25, -0.2) is 4.39 Å². The minimum atomic E-state index is -2.27. The number of carbonyl (C=O) groups excluding carboxylic acids is 1. The molecule has 0 radical (unpaired) electrons. The molecule has 1 N–H and O–H groups in total. The molecule has 1 heterocycles. The Morgan fingerprint density at radius 2 is 2.00 bits per heavy atom. The Hall–Kier alpha value is -1.68. The summed E-state index contributed by atoms with van der Waals surface area (Å²) in [4.78, 5) is 16.1. The van der Waals surface area contributed by atoms with Crippen molar-refractivity contribution in [2.45, 2.75) is 41.4 Å². The van der Waals surface area contributed by atoms with Crippen LogP contribution in [0.4, 0.5) is 4.39 Å². The van der Waals surface area contributed by atoms with Crippen LogP contribution in [0.15, 0.2) is 10.2 Å². The Labute approximate surface area is 155 Å². The zero-order valence-electron chi connectivity index (χ0n) is 12.4. The molecule has 0 spiro atoms. The minimum Gasteiger partial charge on any atom is -0.457 e. The highest BCUT2D eigenvalue weighted by Gasteiger charge is 2.50. The predicted octanol–water partition coefficient (Wildman–Crippen LogP) is 3.33. The highest BCUT2D eigenvalue weighted by molar-refractivity contribution is 6.76. The fourth-order valence-corrected chi connectivity index (χ4v) is 2.07. The molecule has 0 aromatic carbocycles. The van der Waals surface area contributed by atoms with Crippen molar-refractivity contribution in [1.29, 1.82) is 5.41 Å². The maximum atomic E-state index is 14.7. The monoisotopic (exact) mass is 417 g/mol. The van der Waals surface area contributed by atoms with Gasteiger partial charge < -0.3 is 14.2 Å². The van der Waals surface area contributed by atoms with Crippen molar-refractivity contribution in [2.24, 2.45) is 10.2 Å². The Morgan fingerprint density at radius 3 is 2.48 bits per heavy atom. The summed E-state index contributed by atoms with van der Waals surface area (Å²) in [5.41, 5.74) is 17.0. The van der Waals surface area contributed by atoms with E-state index in [4.69, 9.17) is 65.5 Å². The van der Waals surface area contributed by atoms with E-state index in [1.54, 1.807) is 0 Å². The predicted molar refractivity (Wildman–Crippen MR) is 85.2 cm³/mol. The molecule has 0 aliphatic carbocycles. The molecule has 11 nitrogen and oxygen atoms in total. The second-order valence-corrected chi connectivity index (χ2v) is 6.90. The van der Waals surface area contributed by atoms with Gasteiger partial charge in [-0.2, -0.15) is 0 Å². The number of carbonyl (C=O) groups is 1. The largest absolute Gasteiger partial charge is 0.457 e. The van der Waals surface area contributed by atoms with Crippen LogP contribution in [-0.2, 0) is 19.0 Å². The summed E-state index contributed by atoms with van der Waals surface area (Å²) >= 11 is 16.4. The van der Waals surface area contributed by atoms with E-state index in [0.29, 0.717) is 0 Å². The maximum absolute atomic E-state index is 14.7. The summed E-state index contributed by atoms with van der Waals surface area (Å²) in [5, 5.41) is 13.9. The van der Waals surface area contributed by atoms with Gasteiger partial charge in [-0.15, -0.1) is 0 Å². The molecule has 0 aromatic rings. The van der Waals surface area contributed by atoms with Crippen LogP contribution in [0.5, 0.6) is 0 Å². The first kappa shape index (κ1) is 21.4. The smallest absolute Gasteiger partial charge is 0.303 e. The number of alkyl halides is 4. The number of azide groups is 2. The molecule has 1 aliphatic rings. The van der Waals surface area contributed by atoms with Crippen molar-refractivity contribution < 1.29 is 23.4 Å². The fourth-order valence-electron chi connectivity index (χ4n) is 1.93. The topological polar surface area (TPSA) is 166 Å². The van der Waals surface area contributed by atoms with Crippen molar-refractivity contribution in [1.82, 2.24) is 0 Å². The molecule has 0 saturated carbocycles. The van der Waals surface area contributed by atoms with Crippen LogP contribution >= 0.6 is 34.8 Å². The summed E-state index contributed by atoms with van der Waals surface area (Å²) in [6.45, 7) is 0.597. The number of hydrogen-bond acceptors (Lipinski definition) is 7. The van der Waals surface area contributed by atoms with Crippen LogP contribution in [0.2, 0.25) is 0 Å². The zero-order valence-corrected chi connectivity index (χ0v) is 14.7. The Bertz CT molecular complexity index is 618. The average molecular weight is 419 g/mol. The third-order valence-corrected chi connectivity index (χ3v) is 3.41. The molecule has 0 bridgehead atoms. The number of hydrogen-bond donors (Lipinski definition) is 1. The number of esters is 1. The van der Waals surface area contributed by atoms with Gasteiger partial charge in [0.2, 0.25) is 12.2 Å². The van der Waals surface area contributed by atoms with Gasteiger partial charge in [0.25, 0.3) is 3.79 Å². The van der Waals surface area contributed by atoms with Crippen LogP contribution in [0.1, 0.15) is 6.92 Å². The van der Waals surface area contributed by atoms with Gasteiger partial charge in [-0.05, 0) is 11.1 Å². The lowest BCUT2D eigenvalue weighted by atomic mass is 9.98. The van der Waals surface area contributed by atoms with E-state index in [1.807, 2.05) is 0 Å². The Morgan fingerprint density at radius 1 is 1.36 bits per heavy atom. The van der Waals surface area contributed by atoms with Crippen LogP contribution < -0.4 is 0 Å². The minimum absolute atomic E-state index is 0.432. The molecule has 5 atom stereocenters. The summed E-state index contributed by atoms with van der Waals surface area (Å²) in [6.07, 6.45) is -6.60. The van der Waals surface area contributed by atoms with Gasteiger partial charge >= 0.3 is 5.97 Å². The van der Waals surface area contributed by atoms with Crippen LogP contribution in [-0.4, -0.2) is 52.9 Å². The molecule has 15 heteroatoms. The Kier molecular flexibility index (Phi) is 7.81. The van der Waals surface area contributed by atoms with Crippen molar-refractivity contribution in [3.63, 3.8) is 0 Å². The lowest BCUT2D eigenvalue weighted by Crippen LogP contribution is -2.58. The molecule has 138 valence electrons. The van der Waals surface area contributed by atoms with Crippen molar-refractivity contribution in [3.8, 4) is 0 Å². The highest BCUT2D eigenvalue weighted by Crippen LogP contribution is 2.33. The first-order valence-corrected chi connectivity index (χ1v) is 7.59. The van der Waals surface area contributed by atoms with Crippen molar-refractivity contribution >= 4 is 46.7 Å². The van der Waals surface area contributed by atoms with Crippen LogP contribution in [0, 0.1) is 5.41 Å². The van der Waals surface area contributed by atoms with Crippen molar-refractivity contribution in [3.05, 3.63) is 20.9 Å². The standard InChI is InChI=1S/C10H11Cl3FN7O4/c1-3(22)23-7-4(2-18-20-16)24-8(6(5(7)14)19-21-17)25-9(15)10(11,12)13/h4-8,15H,2H2,1H3/t4-,5+,6-,7-,8-/m1/s1. The molecule has 25 heavy (non-hydrogen) atoms. The molecule has 0 aromatic heterocycles. The van der Waals surface area contributed by atoms with Gasteiger partial charge in [0.05, 0.1) is 6.54 Å². The zero-order chi connectivity index (χ0) is 19.2.